The predicted molar refractivity (Wildman–Crippen MR) is 88.0 cm³/mol. The van der Waals surface area contributed by atoms with Crippen LogP contribution in [-0.2, 0) is 0 Å². The van der Waals surface area contributed by atoms with Crippen LogP contribution in [0.2, 0.25) is 10.0 Å². The van der Waals surface area contributed by atoms with Gasteiger partial charge in [-0.05, 0) is 42.8 Å². The number of nitrogens with one attached hydrogen (secondary N) is 1. The molecule has 1 N–H and O–H groups in total. The zero-order chi connectivity index (χ0) is 14.8. The smallest absolute Gasteiger partial charge is 0.0907 e. The fourth-order valence-corrected chi connectivity index (χ4v) is 2.47. The van der Waals surface area contributed by atoms with Crippen LogP contribution < -0.4 is 5.32 Å². The molecule has 0 fully saturated rings. The molecule has 0 saturated heterocycles. The minimum Gasteiger partial charge on any atom is -0.378 e. The number of hydrogen-bond acceptors (Lipinski definition) is 3. The zero-order valence-corrected chi connectivity index (χ0v) is 12.9. The molecule has 2 aromatic carbocycles. The molecule has 0 spiro atoms. The van der Waals surface area contributed by atoms with E-state index in [9.17, 15) is 0 Å². The summed E-state index contributed by atoms with van der Waals surface area (Å²) in [6.07, 6.45) is 3.38. The zero-order valence-electron chi connectivity index (χ0n) is 11.3. The molecule has 1 unspecified atom stereocenters. The third-order valence-corrected chi connectivity index (χ3v) is 4.04. The normalized spacial score (nSPS) is 12.3. The Morgan fingerprint density at radius 1 is 0.905 bits per heavy atom. The number of benzene rings is 2. The molecule has 3 nitrogen and oxygen atoms in total. The Kier molecular flexibility index (Phi) is 3.95. The minimum atomic E-state index is 0.105. The Hall–Kier alpha value is -1.84. The summed E-state index contributed by atoms with van der Waals surface area (Å²) in [4.78, 5) is 8.57. The van der Waals surface area contributed by atoms with E-state index in [1.54, 1.807) is 12.4 Å². The highest BCUT2D eigenvalue weighted by molar-refractivity contribution is 6.42. The van der Waals surface area contributed by atoms with Crippen molar-refractivity contribution in [2.75, 3.05) is 5.32 Å². The van der Waals surface area contributed by atoms with Crippen molar-refractivity contribution >= 4 is 39.9 Å². The number of nitrogens with zero attached hydrogens (tertiary/aromatic N) is 2. The molecule has 1 atom stereocenters. The van der Waals surface area contributed by atoms with Crippen molar-refractivity contribution in [2.45, 2.75) is 13.0 Å². The summed E-state index contributed by atoms with van der Waals surface area (Å²) >= 11 is 12.0. The summed E-state index contributed by atoms with van der Waals surface area (Å²) in [5.74, 6) is 0. The fraction of sp³-hybridized carbons (Fsp3) is 0.125. The van der Waals surface area contributed by atoms with Crippen LogP contribution in [-0.4, -0.2) is 9.97 Å². The molecule has 0 saturated carbocycles. The van der Waals surface area contributed by atoms with Crippen molar-refractivity contribution in [1.29, 1.82) is 0 Å². The molecule has 0 radical (unpaired) electrons. The van der Waals surface area contributed by atoms with Crippen molar-refractivity contribution in [3.8, 4) is 0 Å². The summed E-state index contributed by atoms with van der Waals surface area (Å²) in [7, 11) is 0. The van der Waals surface area contributed by atoms with Gasteiger partial charge in [0, 0.05) is 24.1 Å². The maximum Gasteiger partial charge on any atom is 0.0907 e. The molecular weight excluding hydrogens is 305 g/mol. The molecule has 0 aliphatic rings. The van der Waals surface area contributed by atoms with Gasteiger partial charge < -0.3 is 5.32 Å². The summed E-state index contributed by atoms with van der Waals surface area (Å²) in [5.41, 5.74) is 3.80. The number of hydrogen-bond donors (Lipinski definition) is 1. The van der Waals surface area contributed by atoms with E-state index in [0.717, 1.165) is 22.3 Å². The first-order chi connectivity index (χ1) is 10.1. The lowest BCUT2D eigenvalue weighted by atomic mass is 10.1. The second-order valence-electron chi connectivity index (χ2n) is 4.80. The molecule has 5 heteroatoms. The highest BCUT2D eigenvalue weighted by Crippen LogP contribution is 2.27. The second-order valence-corrected chi connectivity index (χ2v) is 5.61. The van der Waals surface area contributed by atoms with Crippen molar-refractivity contribution in [3.05, 3.63) is 64.4 Å². The predicted octanol–water partition coefficient (Wildman–Crippen LogP) is 5.11. The molecule has 3 aromatic rings. The van der Waals surface area contributed by atoms with E-state index < -0.39 is 0 Å². The average molecular weight is 318 g/mol. The summed E-state index contributed by atoms with van der Waals surface area (Å²) < 4.78 is 0. The van der Waals surface area contributed by atoms with Gasteiger partial charge in [0.05, 0.1) is 21.1 Å². The summed E-state index contributed by atoms with van der Waals surface area (Å²) in [6.45, 7) is 2.07. The van der Waals surface area contributed by atoms with E-state index >= 15 is 0 Å². The van der Waals surface area contributed by atoms with Gasteiger partial charge in [0.15, 0.2) is 0 Å². The third-order valence-electron chi connectivity index (χ3n) is 3.30. The van der Waals surface area contributed by atoms with Crippen LogP contribution in [0.15, 0.2) is 48.8 Å². The van der Waals surface area contributed by atoms with Crippen LogP contribution in [0.4, 0.5) is 5.69 Å². The van der Waals surface area contributed by atoms with Crippen molar-refractivity contribution < 1.29 is 0 Å². The van der Waals surface area contributed by atoms with E-state index in [1.807, 2.05) is 36.4 Å². The maximum absolute atomic E-state index is 6.06. The van der Waals surface area contributed by atoms with Gasteiger partial charge in [0.25, 0.3) is 0 Å². The summed E-state index contributed by atoms with van der Waals surface area (Å²) in [5, 5.41) is 4.55. The van der Waals surface area contributed by atoms with Gasteiger partial charge in [-0.3, -0.25) is 9.97 Å². The van der Waals surface area contributed by atoms with E-state index in [1.165, 1.54) is 0 Å². The molecule has 21 heavy (non-hydrogen) atoms. The van der Waals surface area contributed by atoms with Gasteiger partial charge in [-0.2, -0.15) is 0 Å². The molecule has 3 rings (SSSR count). The Balaban J connectivity index is 1.85. The number of rotatable bonds is 3. The van der Waals surface area contributed by atoms with Crippen LogP contribution in [0.1, 0.15) is 18.5 Å². The number of fused-ring (bicyclic) bond motifs is 1. The van der Waals surface area contributed by atoms with E-state index in [2.05, 4.69) is 22.2 Å². The first kappa shape index (κ1) is 14.1. The number of anilines is 1. The molecule has 1 heterocycles. The molecule has 106 valence electrons. The first-order valence-electron chi connectivity index (χ1n) is 6.56. The van der Waals surface area contributed by atoms with Crippen LogP contribution in [0.5, 0.6) is 0 Å². The van der Waals surface area contributed by atoms with Gasteiger partial charge in [0.1, 0.15) is 0 Å². The monoisotopic (exact) mass is 317 g/mol. The fourth-order valence-electron chi connectivity index (χ4n) is 2.17. The van der Waals surface area contributed by atoms with Crippen molar-refractivity contribution in [2.24, 2.45) is 0 Å². The minimum absolute atomic E-state index is 0.105. The van der Waals surface area contributed by atoms with Crippen LogP contribution in [0, 0.1) is 0 Å². The van der Waals surface area contributed by atoms with Crippen molar-refractivity contribution in [1.82, 2.24) is 9.97 Å². The highest BCUT2D eigenvalue weighted by atomic mass is 35.5. The lowest BCUT2D eigenvalue weighted by molar-refractivity contribution is 0.885. The highest BCUT2D eigenvalue weighted by Gasteiger charge is 2.08. The van der Waals surface area contributed by atoms with Crippen LogP contribution in [0.25, 0.3) is 11.0 Å². The summed E-state index contributed by atoms with van der Waals surface area (Å²) in [6, 6.07) is 11.7. The van der Waals surface area contributed by atoms with E-state index in [-0.39, 0.29) is 6.04 Å². The van der Waals surface area contributed by atoms with Gasteiger partial charge in [-0.25, -0.2) is 0 Å². The average Bonchev–Trinajstić information content (AvgIpc) is 2.50. The first-order valence-corrected chi connectivity index (χ1v) is 7.31. The lowest BCUT2D eigenvalue weighted by Gasteiger charge is -2.16. The Labute approximate surface area is 132 Å². The van der Waals surface area contributed by atoms with Gasteiger partial charge >= 0.3 is 0 Å². The van der Waals surface area contributed by atoms with Crippen LogP contribution >= 0.6 is 23.2 Å². The van der Waals surface area contributed by atoms with E-state index in [0.29, 0.717) is 10.0 Å². The molecule has 0 aliphatic heterocycles. The van der Waals surface area contributed by atoms with Crippen LogP contribution in [0.3, 0.4) is 0 Å². The SMILES string of the molecule is CC(Nc1ccc2nccnc2c1)c1ccc(Cl)c(Cl)c1. The molecule has 0 aliphatic carbocycles. The number of halogens is 2. The lowest BCUT2D eigenvalue weighted by Crippen LogP contribution is -2.06. The Bertz CT molecular complexity index is 789. The number of aromatic nitrogens is 2. The molecular formula is C16H13Cl2N3. The third kappa shape index (κ3) is 3.09. The molecule has 1 aromatic heterocycles. The molecule has 0 bridgehead atoms. The maximum atomic E-state index is 6.06. The Morgan fingerprint density at radius 3 is 2.43 bits per heavy atom. The van der Waals surface area contributed by atoms with Gasteiger partial charge in [0.2, 0.25) is 0 Å². The largest absolute Gasteiger partial charge is 0.378 e. The quantitative estimate of drug-likeness (QED) is 0.729. The van der Waals surface area contributed by atoms with Crippen molar-refractivity contribution in [3.63, 3.8) is 0 Å². The Morgan fingerprint density at radius 2 is 1.67 bits per heavy atom. The van der Waals surface area contributed by atoms with Gasteiger partial charge in [-0.1, -0.05) is 29.3 Å². The topological polar surface area (TPSA) is 37.8 Å². The molecule has 0 amide bonds. The second kappa shape index (κ2) is 5.88. The van der Waals surface area contributed by atoms with Gasteiger partial charge in [-0.15, -0.1) is 0 Å². The standard InChI is InChI=1S/C16H13Cl2N3/c1-10(11-2-4-13(17)14(18)8-11)21-12-3-5-15-16(9-12)20-7-6-19-15/h2-10,21H,1H3. The van der Waals surface area contributed by atoms with E-state index in [4.69, 9.17) is 23.2 Å².